The Balaban J connectivity index is 1.75. The van der Waals surface area contributed by atoms with Crippen molar-refractivity contribution in [1.82, 2.24) is 19.4 Å². The molecule has 1 atom stereocenters. The van der Waals surface area contributed by atoms with Crippen LogP contribution in [0.15, 0.2) is 18.7 Å². The third kappa shape index (κ3) is 3.57. The number of nitrogens with zero attached hydrogens (tertiary/aromatic N) is 4. The molecular formula is C13H20N4O3. The van der Waals surface area contributed by atoms with Crippen molar-refractivity contribution in [1.29, 1.82) is 0 Å². The van der Waals surface area contributed by atoms with Crippen LogP contribution in [-0.2, 0) is 16.1 Å². The quantitative estimate of drug-likeness (QED) is 0.814. The minimum absolute atomic E-state index is 0.112. The summed E-state index contributed by atoms with van der Waals surface area (Å²) in [7, 11) is 0. The first-order valence-corrected chi connectivity index (χ1v) is 6.78. The van der Waals surface area contributed by atoms with Gasteiger partial charge < -0.3 is 14.6 Å². The Hall–Kier alpha value is -1.89. The lowest BCUT2D eigenvalue weighted by atomic mass is 10.2. The van der Waals surface area contributed by atoms with E-state index in [0.717, 1.165) is 0 Å². The maximum absolute atomic E-state index is 12.1. The Morgan fingerprint density at radius 3 is 2.55 bits per heavy atom. The molecule has 1 N–H and O–H groups in total. The molecule has 1 aliphatic rings. The second kappa shape index (κ2) is 6.51. The Bertz CT molecular complexity index is 452. The monoisotopic (exact) mass is 280 g/mol. The minimum Gasteiger partial charge on any atom is -0.480 e. The van der Waals surface area contributed by atoms with Crippen LogP contribution in [0.2, 0.25) is 0 Å². The Morgan fingerprint density at radius 1 is 1.30 bits per heavy atom. The van der Waals surface area contributed by atoms with E-state index in [-0.39, 0.29) is 5.91 Å². The van der Waals surface area contributed by atoms with Gasteiger partial charge in [-0.25, -0.2) is 4.98 Å². The fourth-order valence-electron chi connectivity index (χ4n) is 2.32. The second-order valence-electron chi connectivity index (χ2n) is 4.98. The van der Waals surface area contributed by atoms with E-state index in [1.54, 1.807) is 19.4 Å². The third-order valence-electron chi connectivity index (χ3n) is 3.72. The van der Waals surface area contributed by atoms with Gasteiger partial charge in [0.05, 0.1) is 6.33 Å². The number of hydrogen-bond donors (Lipinski definition) is 1. The molecule has 0 radical (unpaired) electrons. The van der Waals surface area contributed by atoms with Crippen molar-refractivity contribution in [3.63, 3.8) is 0 Å². The molecule has 0 spiro atoms. The van der Waals surface area contributed by atoms with E-state index in [4.69, 9.17) is 5.11 Å². The average Bonchev–Trinajstić information content (AvgIpc) is 2.97. The summed E-state index contributed by atoms with van der Waals surface area (Å²) in [6.07, 6.45) is 5.67. The van der Waals surface area contributed by atoms with Crippen LogP contribution in [0, 0.1) is 0 Å². The number of aliphatic carboxylic acids is 1. The van der Waals surface area contributed by atoms with Crippen molar-refractivity contribution in [3.05, 3.63) is 18.7 Å². The zero-order valence-electron chi connectivity index (χ0n) is 11.6. The molecule has 7 nitrogen and oxygen atoms in total. The van der Waals surface area contributed by atoms with Crippen molar-refractivity contribution < 1.29 is 14.7 Å². The van der Waals surface area contributed by atoms with Gasteiger partial charge in [0.15, 0.2) is 0 Å². The molecule has 1 unspecified atom stereocenters. The summed E-state index contributed by atoms with van der Waals surface area (Å²) in [5, 5.41) is 8.97. The first-order valence-electron chi connectivity index (χ1n) is 6.78. The summed E-state index contributed by atoms with van der Waals surface area (Å²) < 4.78 is 1.88. The number of aromatic nitrogens is 2. The van der Waals surface area contributed by atoms with E-state index in [0.29, 0.717) is 39.1 Å². The van der Waals surface area contributed by atoms with Crippen LogP contribution in [0.4, 0.5) is 0 Å². The van der Waals surface area contributed by atoms with Gasteiger partial charge >= 0.3 is 5.97 Å². The zero-order chi connectivity index (χ0) is 14.5. The van der Waals surface area contributed by atoms with Crippen molar-refractivity contribution >= 4 is 11.9 Å². The van der Waals surface area contributed by atoms with E-state index in [9.17, 15) is 9.59 Å². The fourth-order valence-corrected chi connectivity index (χ4v) is 2.32. The van der Waals surface area contributed by atoms with E-state index < -0.39 is 12.0 Å². The molecule has 1 saturated heterocycles. The number of hydrogen-bond acceptors (Lipinski definition) is 4. The van der Waals surface area contributed by atoms with E-state index in [1.165, 1.54) is 0 Å². The molecule has 1 aromatic heterocycles. The van der Waals surface area contributed by atoms with Crippen molar-refractivity contribution in [2.45, 2.75) is 25.9 Å². The number of carboxylic acids is 1. The molecule has 0 saturated carbocycles. The molecule has 1 aromatic rings. The third-order valence-corrected chi connectivity index (χ3v) is 3.72. The van der Waals surface area contributed by atoms with Gasteiger partial charge in [-0.3, -0.25) is 14.5 Å². The lowest BCUT2D eigenvalue weighted by molar-refractivity contribution is -0.144. The molecule has 1 aliphatic heterocycles. The molecule has 110 valence electrons. The molecule has 2 heterocycles. The van der Waals surface area contributed by atoms with Gasteiger partial charge in [0.25, 0.3) is 0 Å². The van der Waals surface area contributed by atoms with Crippen molar-refractivity contribution in [3.8, 4) is 0 Å². The molecule has 1 amide bonds. The summed E-state index contributed by atoms with van der Waals surface area (Å²) in [5.41, 5.74) is 0. The lowest BCUT2D eigenvalue weighted by Gasteiger charge is -2.36. The Labute approximate surface area is 117 Å². The topological polar surface area (TPSA) is 78.7 Å². The molecule has 7 heteroatoms. The molecule has 0 aromatic carbocycles. The molecule has 20 heavy (non-hydrogen) atoms. The minimum atomic E-state index is -0.815. The van der Waals surface area contributed by atoms with E-state index >= 15 is 0 Å². The number of carbonyl (C=O) groups excluding carboxylic acids is 1. The highest BCUT2D eigenvalue weighted by atomic mass is 16.4. The molecule has 1 fully saturated rings. The number of piperazine rings is 1. The predicted molar refractivity (Wildman–Crippen MR) is 72.1 cm³/mol. The summed E-state index contributed by atoms with van der Waals surface area (Å²) in [5.74, 6) is -0.703. The summed E-state index contributed by atoms with van der Waals surface area (Å²) in [6, 6.07) is -0.488. The summed E-state index contributed by atoms with van der Waals surface area (Å²) in [6.45, 7) is 4.73. The Morgan fingerprint density at radius 2 is 2.00 bits per heavy atom. The highest BCUT2D eigenvalue weighted by molar-refractivity contribution is 5.76. The molecule has 2 rings (SSSR count). The maximum Gasteiger partial charge on any atom is 0.320 e. The number of rotatable bonds is 5. The van der Waals surface area contributed by atoms with Gasteiger partial charge in [0, 0.05) is 51.5 Å². The zero-order valence-corrected chi connectivity index (χ0v) is 11.6. The highest BCUT2D eigenvalue weighted by Gasteiger charge is 2.26. The molecular weight excluding hydrogens is 260 g/mol. The SMILES string of the molecule is CC(C(=O)O)N1CCN(C(=O)CCn2ccnc2)CC1. The number of imidazole rings is 1. The van der Waals surface area contributed by atoms with Gasteiger partial charge in [-0.05, 0) is 6.92 Å². The standard InChI is InChI=1S/C13H20N4O3/c1-11(13(19)20)16-6-8-17(9-7-16)12(18)2-4-15-5-3-14-10-15/h3,5,10-11H,2,4,6-9H2,1H3,(H,19,20). The average molecular weight is 280 g/mol. The second-order valence-corrected chi connectivity index (χ2v) is 4.98. The van der Waals surface area contributed by atoms with Gasteiger partial charge in [-0.2, -0.15) is 0 Å². The van der Waals surface area contributed by atoms with Crippen LogP contribution >= 0.6 is 0 Å². The van der Waals surface area contributed by atoms with Gasteiger partial charge in [-0.15, -0.1) is 0 Å². The van der Waals surface area contributed by atoms with Gasteiger partial charge in [0.2, 0.25) is 5.91 Å². The first kappa shape index (κ1) is 14.5. The smallest absolute Gasteiger partial charge is 0.320 e. The normalized spacial score (nSPS) is 17.9. The van der Waals surface area contributed by atoms with Crippen molar-refractivity contribution in [2.24, 2.45) is 0 Å². The number of amides is 1. The molecule has 0 bridgehead atoms. The maximum atomic E-state index is 12.1. The van der Waals surface area contributed by atoms with Gasteiger partial charge in [-0.1, -0.05) is 0 Å². The van der Waals surface area contributed by atoms with E-state index in [1.807, 2.05) is 20.6 Å². The summed E-state index contributed by atoms with van der Waals surface area (Å²) >= 11 is 0. The number of carboxylic acid groups (broad SMARTS) is 1. The van der Waals surface area contributed by atoms with E-state index in [2.05, 4.69) is 4.98 Å². The fraction of sp³-hybridized carbons (Fsp3) is 0.615. The number of carbonyl (C=O) groups is 2. The largest absolute Gasteiger partial charge is 0.480 e. The molecule has 0 aliphatic carbocycles. The lowest BCUT2D eigenvalue weighted by Crippen LogP contribution is -2.53. The first-order chi connectivity index (χ1) is 9.58. The van der Waals surface area contributed by atoms with Crippen LogP contribution in [0.5, 0.6) is 0 Å². The van der Waals surface area contributed by atoms with Gasteiger partial charge in [0.1, 0.15) is 6.04 Å². The van der Waals surface area contributed by atoms with Crippen LogP contribution < -0.4 is 0 Å². The highest BCUT2D eigenvalue weighted by Crippen LogP contribution is 2.08. The Kier molecular flexibility index (Phi) is 4.73. The van der Waals surface area contributed by atoms with Crippen LogP contribution in [0.3, 0.4) is 0 Å². The predicted octanol–water partition coefficient (Wildman–Crippen LogP) is -0.109. The van der Waals surface area contributed by atoms with Crippen LogP contribution in [-0.4, -0.2) is 68.6 Å². The van der Waals surface area contributed by atoms with Crippen LogP contribution in [0.1, 0.15) is 13.3 Å². The summed E-state index contributed by atoms with van der Waals surface area (Å²) in [4.78, 5) is 30.6. The van der Waals surface area contributed by atoms with Crippen molar-refractivity contribution in [2.75, 3.05) is 26.2 Å². The number of aryl methyl sites for hydroxylation is 1. The van der Waals surface area contributed by atoms with Crippen LogP contribution in [0.25, 0.3) is 0 Å².